The Labute approximate surface area is 121 Å². The first-order chi connectivity index (χ1) is 8.99. The predicted octanol–water partition coefficient (Wildman–Crippen LogP) is 4.41. The Balaban J connectivity index is 2.16. The molecule has 0 spiro atoms. The number of hydrogen-bond donors (Lipinski definition) is 1. The number of nitrogens with zero attached hydrogens (tertiary/aromatic N) is 1. The molecule has 1 aromatic carbocycles. The van der Waals surface area contributed by atoms with Crippen LogP contribution in [0.3, 0.4) is 0 Å². The van der Waals surface area contributed by atoms with Gasteiger partial charge in [0.05, 0.1) is 16.8 Å². The van der Waals surface area contributed by atoms with Gasteiger partial charge in [0.15, 0.2) is 0 Å². The van der Waals surface area contributed by atoms with E-state index in [2.05, 4.69) is 18.9 Å². The zero-order chi connectivity index (χ0) is 14.0. The van der Waals surface area contributed by atoms with Crippen LogP contribution in [-0.4, -0.2) is 18.2 Å². The van der Waals surface area contributed by atoms with E-state index in [0.717, 1.165) is 22.2 Å². The number of benzene rings is 1. The highest BCUT2D eigenvalue weighted by atomic mass is 35.5. The molecule has 106 valence electrons. The zero-order valence-electron chi connectivity index (χ0n) is 12.1. The third-order valence-corrected chi connectivity index (χ3v) is 4.59. The van der Waals surface area contributed by atoms with Crippen LogP contribution in [0.2, 0.25) is 5.02 Å². The summed E-state index contributed by atoms with van der Waals surface area (Å²) in [6, 6.07) is 6.46. The molecule has 2 nitrogen and oxygen atoms in total. The topological polar surface area (TPSA) is 23.5 Å². The van der Waals surface area contributed by atoms with Crippen LogP contribution in [0.25, 0.3) is 0 Å². The second kappa shape index (κ2) is 6.15. The van der Waals surface area contributed by atoms with Crippen LogP contribution < -0.4 is 4.90 Å². The Kier molecular flexibility index (Phi) is 4.75. The van der Waals surface area contributed by atoms with Crippen molar-refractivity contribution in [1.82, 2.24) is 0 Å². The van der Waals surface area contributed by atoms with Gasteiger partial charge in [0, 0.05) is 13.1 Å². The Morgan fingerprint density at radius 2 is 2.11 bits per heavy atom. The minimum atomic E-state index is -0.466. The average molecular weight is 282 g/mol. The van der Waals surface area contributed by atoms with Crippen molar-refractivity contribution in [2.45, 2.75) is 51.7 Å². The summed E-state index contributed by atoms with van der Waals surface area (Å²) in [4.78, 5) is 2.31. The molecule has 2 unspecified atom stereocenters. The molecule has 19 heavy (non-hydrogen) atoms. The first-order valence-corrected chi connectivity index (χ1v) is 7.57. The number of aliphatic hydroxyl groups excluding tert-OH is 1. The summed E-state index contributed by atoms with van der Waals surface area (Å²) in [7, 11) is 2.13. The molecule has 1 N–H and O–H groups in total. The molecule has 0 saturated heterocycles. The van der Waals surface area contributed by atoms with Crippen LogP contribution in [0.4, 0.5) is 5.69 Å². The Bertz CT molecular complexity index is 433. The van der Waals surface area contributed by atoms with Gasteiger partial charge in [0.25, 0.3) is 0 Å². The average Bonchev–Trinajstić information content (AvgIpc) is 2.37. The molecule has 0 aliphatic heterocycles. The standard InChI is InChI=1S/C16H24ClNO/c1-11-5-4-6-14(9-11)18(3)16-8-7-13(12(2)19)10-15(16)17/h7-8,10-12,14,19H,4-6,9H2,1-3H3/t11?,12-,14?/m1/s1. The van der Waals surface area contributed by atoms with Crippen LogP contribution in [-0.2, 0) is 0 Å². The molecule has 1 saturated carbocycles. The van der Waals surface area contributed by atoms with Crippen molar-refractivity contribution in [2.75, 3.05) is 11.9 Å². The van der Waals surface area contributed by atoms with Crippen LogP contribution in [0.15, 0.2) is 18.2 Å². The summed E-state index contributed by atoms with van der Waals surface area (Å²) < 4.78 is 0. The van der Waals surface area contributed by atoms with Gasteiger partial charge in [0.2, 0.25) is 0 Å². The van der Waals surface area contributed by atoms with Crippen molar-refractivity contribution in [2.24, 2.45) is 5.92 Å². The number of hydrogen-bond acceptors (Lipinski definition) is 2. The Morgan fingerprint density at radius 1 is 1.37 bits per heavy atom. The number of anilines is 1. The van der Waals surface area contributed by atoms with Gasteiger partial charge in [-0.15, -0.1) is 0 Å². The maximum Gasteiger partial charge on any atom is 0.0762 e. The summed E-state index contributed by atoms with van der Waals surface area (Å²) in [6.45, 7) is 4.09. The maximum atomic E-state index is 9.59. The SMILES string of the molecule is CC1CCCC(N(C)c2ccc([C@@H](C)O)cc2Cl)C1. The van der Waals surface area contributed by atoms with Crippen molar-refractivity contribution in [3.8, 4) is 0 Å². The number of halogens is 1. The highest BCUT2D eigenvalue weighted by Crippen LogP contribution is 2.34. The zero-order valence-corrected chi connectivity index (χ0v) is 12.8. The van der Waals surface area contributed by atoms with E-state index in [0.29, 0.717) is 6.04 Å². The van der Waals surface area contributed by atoms with Crippen molar-refractivity contribution in [3.05, 3.63) is 28.8 Å². The fourth-order valence-corrected chi connectivity index (χ4v) is 3.34. The quantitative estimate of drug-likeness (QED) is 0.887. The normalized spacial score (nSPS) is 25.1. The van der Waals surface area contributed by atoms with Crippen LogP contribution in [0.1, 0.15) is 51.2 Å². The van der Waals surface area contributed by atoms with E-state index < -0.39 is 6.10 Å². The molecule has 0 aromatic heterocycles. The van der Waals surface area contributed by atoms with E-state index in [1.54, 1.807) is 6.92 Å². The summed E-state index contributed by atoms with van der Waals surface area (Å²) in [5, 5.41) is 10.3. The number of aliphatic hydroxyl groups is 1. The van der Waals surface area contributed by atoms with Crippen molar-refractivity contribution < 1.29 is 5.11 Å². The van der Waals surface area contributed by atoms with Crippen LogP contribution in [0.5, 0.6) is 0 Å². The predicted molar refractivity (Wildman–Crippen MR) is 81.9 cm³/mol. The third-order valence-electron chi connectivity index (χ3n) is 4.29. The van der Waals surface area contributed by atoms with Gasteiger partial charge < -0.3 is 10.0 Å². The van der Waals surface area contributed by atoms with E-state index in [1.165, 1.54) is 25.7 Å². The molecule has 2 rings (SSSR count). The lowest BCUT2D eigenvalue weighted by Gasteiger charge is -2.36. The highest BCUT2D eigenvalue weighted by Gasteiger charge is 2.23. The van der Waals surface area contributed by atoms with E-state index >= 15 is 0 Å². The van der Waals surface area contributed by atoms with E-state index in [4.69, 9.17) is 11.6 Å². The molecule has 3 atom stereocenters. The van der Waals surface area contributed by atoms with E-state index in [-0.39, 0.29) is 0 Å². The van der Waals surface area contributed by atoms with Gasteiger partial charge >= 0.3 is 0 Å². The monoisotopic (exact) mass is 281 g/mol. The summed E-state index contributed by atoms with van der Waals surface area (Å²) in [5.41, 5.74) is 1.95. The maximum absolute atomic E-state index is 9.59. The van der Waals surface area contributed by atoms with Crippen molar-refractivity contribution in [1.29, 1.82) is 0 Å². The highest BCUT2D eigenvalue weighted by molar-refractivity contribution is 6.33. The lowest BCUT2D eigenvalue weighted by molar-refractivity contribution is 0.199. The third kappa shape index (κ3) is 3.43. The molecule has 1 aliphatic rings. The molecule has 3 heteroatoms. The number of rotatable bonds is 3. The van der Waals surface area contributed by atoms with Crippen LogP contribution in [0, 0.1) is 5.92 Å². The fourth-order valence-electron chi connectivity index (χ4n) is 3.02. The van der Waals surface area contributed by atoms with Crippen molar-refractivity contribution in [3.63, 3.8) is 0 Å². The smallest absolute Gasteiger partial charge is 0.0762 e. The minimum absolute atomic E-state index is 0.466. The van der Waals surface area contributed by atoms with Crippen molar-refractivity contribution >= 4 is 17.3 Å². The molecule has 1 aromatic rings. The summed E-state index contributed by atoms with van der Waals surface area (Å²) in [5.74, 6) is 0.803. The molecule has 1 aliphatic carbocycles. The molecule has 0 heterocycles. The van der Waals surface area contributed by atoms with Gasteiger partial charge in [-0.1, -0.05) is 37.4 Å². The minimum Gasteiger partial charge on any atom is -0.389 e. The van der Waals surface area contributed by atoms with E-state index in [1.807, 2.05) is 18.2 Å². The summed E-state index contributed by atoms with van der Waals surface area (Å²) in [6.07, 6.45) is 4.67. The van der Waals surface area contributed by atoms with Gasteiger partial charge in [-0.05, 0) is 43.4 Å². The lowest BCUT2D eigenvalue weighted by atomic mass is 9.86. The van der Waals surface area contributed by atoms with Crippen LogP contribution >= 0.6 is 11.6 Å². The molecule has 1 fully saturated rings. The second-order valence-electron chi connectivity index (χ2n) is 5.92. The fraction of sp³-hybridized carbons (Fsp3) is 0.625. The second-order valence-corrected chi connectivity index (χ2v) is 6.33. The summed E-state index contributed by atoms with van der Waals surface area (Å²) >= 11 is 6.37. The molecular weight excluding hydrogens is 258 g/mol. The molecule has 0 amide bonds. The van der Waals surface area contributed by atoms with Gasteiger partial charge in [-0.2, -0.15) is 0 Å². The van der Waals surface area contributed by atoms with E-state index in [9.17, 15) is 5.11 Å². The molecular formula is C16H24ClNO. The Hall–Kier alpha value is -0.730. The van der Waals surface area contributed by atoms with Gasteiger partial charge in [-0.3, -0.25) is 0 Å². The lowest BCUT2D eigenvalue weighted by Crippen LogP contribution is -2.35. The first kappa shape index (κ1) is 14.7. The largest absolute Gasteiger partial charge is 0.389 e. The first-order valence-electron chi connectivity index (χ1n) is 7.19. The molecule has 0 bridgehead atoms. The molecule has 0 radical (unpaired) electrons. The Morgan fingerprint density at radius 3 is 2.68 bits per heavy atom. The van der Waals surface area contributed by atoms with Gasteiger partial charge in [0.1, 0.15) is 0 Å². The van der Waals surface area contributed by atoms with Gasteiger partial charge in [-0.25, -0.2) is 0 Å².